The van der Waals surface area contributed by atoms with E-state index in [1.165, 1.54) is 11.3 Å². The number of nitrogens with one attached hydrogen (secondary N) is 1. The maximum absolute atomic E-state index is 12.4. The Morgan fingerprint density at radius 3 is 2.54 bits per heavy atom. The van der Waals surface area contributed by atoms with E-state index in [2.05, 4.69) is 10.3 Å². The van der Waals surface area contributed by atoms with Gasteiger partial charge in [-0.15, -0.1) is 11.3 Å². The van der Waals surface area contributed by atoms with Gasteiger partial charge in [0.1, 0.15) is 5.60 Å². The van der Waals surface area contributed by atoms with Crippen LogP contribution in [0.15, 0.2) is 5.38 Å². The van der Waals surface area contributed by atoms with E-state index in [-0.39, 0.29) is 30.2 Å². The summed E-state index contributed by atoms with van der Waals surface area (Å²) < 4.78 is 10.2. The number of rotatable bonds is 4. The lowest BCUT2D eigenvalue weighted by atomic mass is 9.96. The minimum atomic E-state index is -0.535. The van der Waals surface area contributed by atoms with Gasteiger partial charge in [0.2, 0.25) is 5.91 Å². The summed E-state index contributed by atoms with van der Waals surface area (Å²) in [5.41, 5.74) is -0.348. The van der Waals surface area contributed by atoms with Crippen molar-refractivity contribution in [2.75, 3.05) is 25.0 Å². The SMILES string of the molecule is CCOC(=O)c1csc(NC(=O)C2CCN(C(=O)OC(C)(C)C)CC2)n1. The number of anilines is 1. The molecule has 0 bridgehead atoms. The van der Waals surface area contributed by atoms with Gasteiger partial charge in [-0.25, -0.2) is 14.6 Å². The smallest absolute Gasteiger partial charge is 0.410 e. The zero-order valence-electron chi connectivity index (χ0n) is 15.5. The summed E-state index contributed by atoms with van der Waals surface area (Å²) >= 11 is 1.18. The second-order valence-electron chi connectivity index (χ2n) is 6.99. The number of hydrogen-bond donors (Lipinski definition) is 1. The number of likely N-dealkylation sites (tertiary alicyclic amines) is 1. The number of esters is 1. The molecule has 0 unspecified atom stereocenters. The molecule has 0 aliphatic carbocycles. The quantitative estimate of drug-likeness (QED) is 0.803. The third-order valence-corrected chi connectivity index (χ3v) is 4.49. The van der Waals surface area contributed by atoms with E-state index in [1.54, 1.807) is 17.2 Å². The number of ether oxygens (including phenoxy) is 2. The fourth-order valence-electron chi connectivity index (χ4n) is 2.49. The summed E-state index contributed by atoms with van der Waals surface area (Å²) in [6, 6.07) is 0. The summed E-state index contributed by atoms with van der Waals surface area (Å²) in [7, 11) is 0. The van der Waals surface area contributed by atoms with Gasteiger partial charge in [-0.2, -0.15) is 0 Å². The first-order valence-corrected chi connectivity index (χ1v) is 9.49. The molecular formula is C17H25N3O5S. The lowest BCUT2D eigenvalue weighted by Gasteiger charge is -2.32. The second kappa shape index (κ2) is 8.48. The standard InChI is InChI=1S/C17H25N3O5S/c1-5-24-14(22)12-10-26-15(18-12)19-13(21)11-6-8-20(9-7-11)16(23)25-17(2,3)4/h10-11H,5-9H2,1-4H3,(H,18,19,21). The van der Waals surface area contributed by atoms with Crippen molar-refractivity contribution in [2.45, 2.75) is 46.1 Å². The van der Waals surface area contributed by atoms with Gasteiger partial charge >= 0.3 is 12.1 Å². The molecule has 9 heteroatoms. The van der Waals surface area contributed by atoms with E-state index in [4.69, 9.17) is 9.47 Å². The van der Waals surface area contributed by atoms with Crippen LogP contribution in [-0.4, -0.2) is 53.2 Å². The average Bonchev–Trinajstić information content (AvgIpc) is 3.02. The summed E-state index contributed by atoms with van der Waals surface area (Å²) in [5, 5.41) is 4.66. The first kappa shape index (κ1) is 20.2. The molecule has 0 saturated carbocycles. The number of aromatic nitrogens is 1. The number of hydrogen-bond acceptors (Lipinski definition) is 7. The summed E-state index contributed by atoms with van der Waals surface area (Å²) in [6.07, 6.45) is 0.762. The van der Waals surface area contributed by atoms with Crippen molar-refractivity contribution in [1.29, 1.82) is 0 Å². The van der Waals surface area contributed by atoms with Gasteiger partial charge in [-0.05, 0) is 40.5 Å². The van der Waals surface area contributed by atoms with E-state index in [0.717, 1.165) is 0 Å². The van der Waals surface area contributed by atoms with Crippen LogP contribution in [0.2, 0.25) is 0 Å². The molecule has 1 aliphatic heterocycles. The summed E-state index contributed by atoms with van der Waals surface area (Å²) in [5.74, 6) is -0.864. The van der Waals surface area contributed by atoms with Gasteiger partial charge in [-0.1, -0.05) is 0 Å². The lowest BCUT2D eigenvalue weighted by Crippen LogP contribution is -2.43. The van der Waals surface area contributed by atoms with Crippen LogP contribution in [0.25, 0.3) is 0 Å². The highest BCUT2D eigenvalue weighted by molar-refractivity contribution is 7.14. The Labute approximate surface area is 156 Å². The van der Waals surface area contributed by atoms with Gasteiger partial charge in [0.15, 0.2) is 10.8 Å². The Balaban J connectivity index is 1.83. The number of carbonyl (C=O) groups is 3. The van der Waals surface area contributed by atoms with Crippen molar-refractivity contribution in [2.24, 2.45) is 5.92 Å². The fraction of sp³-hybridized carbons (Fsp3) is 0.647. The molecule has 8 nitrogen and oxygen atoms in total. The number of amides is 2. The van der Waals surface area contributed by atoms with Crippen LogP contribution in [0.5, 0.6) is 0 Å². The number of thiazole rings is 1. The van der Waals surface area contributed by atoms with Crippen molar-refractivity contribution in [1.82, 2.24) is 9.88 Å². The average molecular weight is 383 g/mol. The molecule has 2 rings (SSSR count). The first-order chi connectivity index (χ1) is 12.2. The fourth-order valence-corrected chi connectivity index (χ4v) is 3.17. The Morgan fingerprint density at radius 2 is 1.96 bits per heavy atom. The number of piperidine rings is 1. The minimum Gasteiger partial charge on any atom is -0.461 e. The Hall–Kier alpha value is -2.16. The third-order valence-electron chi connectivity index (χ3n) is 3.74. The molecule has 26 heavy (non-hydrogen) atoms. The van der Waals surface area contributed by atoms with E-state index in [0.29, 0.717) is 31.1 Å². The minimum absolute atomic E-state index is 0.154. The molecule has 2 amide bonds. The maximum Gasteiger partial charge on any atom is 0.410 e. The Morgan fingerprint density at radius 1 is 1.31 bits per heavy atom. The second-order valence-corrected chi connectivity index (χ2v) is 7.85. The normalized spacial score (nSPS) is 15.5. The molecule has 2 heterocycles. The predicted octanol–water partition coefficient (Wildman–Crippen LogP) is 2.91. The topological polar surface area (TPSA) is 97.8 Å². The summed E-state index contributed by atoms with van der Waals surface area (Å²) in [6.45, 7) is 8.40. The highest BCUT2D eigenvalue weighted by Gasteiger charge is 2.30. The van der Waals surface area contributed by atoms with Crippen LogP contribution >= 0.6 is 11.3 Å². The molecule has 1 saturated heterocycles. The van der Waals surface area contributed by atoms with Crippen LogP contribution in [0.4, 0.5) is 9.93 Å². The van der Waals surface area contributed by atoms with Gasteiger partial charge < -0.3 is 19.7 Å². The Kier molecular flexibility index (Phi) is 6.57. The molecule has 1 aromatic heterocycles. The zero-order chi connectivity index (χ0) is 19.3. The third kappa shape index (κ3) is 5.69. The van der Waals surface area contributed by atoms with Crippen molar-refractivity contribution in [3.05, 3.63) is 11.1 Å². The van der Waals surface area contributed by atoms with E-state index >= 15 is 0 Å². The molecule has 144 valence electrons. The molecule has 1 aromatic rings. The summed E-state index contributed by atoms with van der Waals surface area (Å²) in [4.78, 5) is 41.7. The van der Waals surface area contributed by atoms with Crippen LogP contribution < -0.4 is 5.32 Å². The van der Waals surface area contributed by atoms with Crippen molar-refractivity contribution in [3.8, 4) is 0 Å². The molecule has 0 radical (unpaired) electrons. The first-order valence-electron chi connectivity index (χ1n) is 8.61. The van der Waals surface area contributed by atoms with Gasteiger partial charge in [0, 0.05) is 24.4 Å². The molecule has 0 spiro atoms. The monoisotopic (exact) mass is 383 g/mol. The Bertz CT molecular complexity index is 660. The highest BCUT2D eigenvalue weighted by atomic mass is 32.1. The molecule has 1 aliphatic rings. The molecule has 1 fully saturated rings. The lowest BCUT2D eigenvalue weighted by molar-refractivity contribution is -0.121. The van der Waals surface area contributed by atoms with Gasteiger partial charge in [-0.3, -0.25) is 4.79 Å². The number of carbonyl (C=O) groups excluding carboxylic acids is 3. The number of nitrogens with zero attached hydrogens (tertiary/aromatic N) is 2. The van der Waals surface area contributed by atoms with E-state index < -0.39 is 11.6 Å². The largest absolute Gasteiger partial charge is 0.461 e. The van der Waals surface area contributed by atoms with Crippen LogP contribution in [0.1, 0.15) is 51.0 Å². The van der Waals surface area contributed by atoms with Gasteiger partial charge in [0.25, 0.3) is 0 Å². The molecule has 0 atom stereocenters. The van der Waals surface area contributed by atoms with Crippen LogP contribution in [0, 0.1) is 5.92 Å². The zero-order valence-corrected chi connectivity index (χ0v) is 16.4. The highest BCUT2D eigenvalue weighted by Crippen LogP contribution is 2.23. The predicted molar refractivity (Wildman–Crippen MR) is 97.2 cm³/mol. The van der Waals surface area contributed by atoms with Crippen LogP contribution in [-0.2, 0) is 14.3 Å². The molecule has 1 N–H and O–H groups in total. The molecule has 0 aromatic carbocycles. The van der Waals surface area contributed by atoms with Crippen molar-refractivity contribution in [3.63, 3.8) is 0 Å². The van der Waals surface area contributed by atoms with Gasteiger partial charge in [0.05, 0.1) is 6.61 Å². The molecular weight excluding hydrogens is 358 g/mol. The van der Waals surface area contributed by atoms with Crippen LogP contribution in [0.3, 0.4) is 0 Å². The van der Waals surface area contributed by atoms with Crippen molar-refractivity contribution < 1.29 is 23.9 Å². The maximum atomic E-state index is 12.4. The van der Waals surface area contributed by atoms with E-state index in [1.807, 2.05) is 20.8 Å². The van der Waals surface area contributed by atoms with Crippen molar-refractivity contribution >= 4 is 34.4 Å². The van der Waals surface area contributed by atoms with E-state index in [9.17, 15) is 14.4 Å².